The Balaban J connectivity index is 2.11. The summed E-state index contributed by atoms with van der Waals surface area (Å²) in [4.78, 5) is 12.3. The summed E-state index contributed by atoms with van der Waals surface area (Å²) in [5.74, 6) is 0.145. The largest absolute Gasteiger partial charge is 0.490 e. The molecule has 0 unspecified atom stereocenters. The van der Waals surface area contributed by atoms with Crippen molar-refractivity contribution in [3.63, 3.8) is 0 Å². The maximum atomic E-state index is 12.3. The fraction of sp³-hybridized carbons (Fsp3) is 0.167. The zero-order chi connectivity index (χ0) is 19.2. The summed E-state index contributed by atoms with van der Waals surface area (Å²) in [6.07, 6.45) is 2.65. The van der Waals surface area contributed by atoms with Crippen LogP contribution in [0.2, 0.25) is 5.02 Å². The van der Waals surface area contributed by atoms with E-state index in [1.165, 1.54) is 0 Å². The molecule has 0 heterocycles. The van der Waals surface area contributed by atoms with Crippen molar-refractivity contribution in [1.29, 1.82) is 0 Å². The molecule has 2 aromatic carbocycles. The molecule has 0 spiro atoms. The molecule has 0 aliphatic heterocycles. The van der Waals surface area contributed by atoms with Crippen LogP contribution >= 0.6 is 11.6 Å². The van der Waals surface area contributed by atoms with E-state index in [4.69, 9.17) is 16.3 Å². The van der Waals surface area contributed by atoms with E-state index in [1.54, 1.807) is 54.6 Å². The minimum Gasteiger partial charge on any atom is -0.490 e. The first-order valence-electron chi connectivity index (χ1n) is 7.67. The minimum absolute atomic E-state index is 0.245. The van der Waals surface area contributed by atoms with Crippen molar-refractivity contribution in [2.45, 2.75) is 0 Å². The molecule has 0 atom stereocenters. The summed E-state index contributed by atoms with van der Waals surface area (Å²) in [6.45, 7) is 3.56. The lowest BCUT2D eigenvalue weighted by Gasteiger charge is -2.22. The molecule has 138 valence electrons. The summed E-state index contributed by atoms with van der Waals surface area (Å²) in [7, 11) is -3.69. The van der Waals surface area contributed by atoms with Gasteiger partial charge in [0.1, 0.15) is 18.9 Å². The Kier molecular flexibility index (Phi) is 6.65. The fourth-order valence-electron chi connectivity index (χ4n) is 2.16. The average molecular weight is 395 g/mol. The molecule has 0 aliphatic carbocycles. The van der Waals surface area contributed by atoms with Crippen LogP contribution in [-0.4, -0.2) is 33.7 Å². The lowest BCUT2D eigenvalue weighted by molar-refractivity contribution is -0.114. The SMILES string of the molecule is C=CCOc1ccc(NC(=O)CN(c2ccccc2Cl)S(C)(=O)=O)cc1. The standard InChI is InChI=1S/C18H19ClN2O4S/c1-3-12-25-15-10-8-14(9-11-15)20-18(22)13-21(26(2,23)24)17-7-5-4-6-16(17)19/h3-11H,1,12-13H2,2H3,(H,20,22). The molecule has 0 aromatic heterocycles. The van der Waals surface area contributed by atoms with Crippen LogP contribution in [0, 0.1) is 0 Å². The van der Waals surface area contributed by atoms with Crippen molar-refractivity contribution >= 4 is 38.9 Å². The molecule has 2 rings (SSSR count). The Morgan fingerprint density at radius 1 is 1.23 bits per heavy atom. The maximum absolute atomic E-state index is 12.3. The summed E-state index contributed by atoms with van der Waals surface area (Å²) in [6, 6.07) is 13.2. The number of sulfonamides is 1. The summed E-state index contributed by atoms with van der Waals surface area (Å²) in [5, 5.41) is 2.90. The van der Waals surface area contributed by atoms with Gasteiger partial charge >= 0.3 is 0 Å². The van der Waals surface area contributed by atoms with Crippen LogP contribution in [0.5, 0.6) is 5.75 Å². The van der Waals surface area contributed by atoms with E-state index < -0.39 is 22.5 Å². The normalized spacial score (nSPS) is 10.8. The minimum atomic E-state index is -3.69. The van der Waals surface area contributed by atoms with Gasteiger partial charge in [0.05, 0.1) is 17.0 Å². The van der Waals surface area contributed by atoms with Crippen LogP contribution in [0.4, 0.5) is 11.4 Å². The van der Waals surface area contributed by atoms with Crippen molar-refractivity contribution in [3.8, 4) is 5.75 Å². The lowest BCUT2D eigenvalue weighted by Crippen LogP contribution is -2.37. The van der Waals surface area contributed by atoms with Gasteiger partial charge in [-0.2, -0.15) is 0 Å². The number of hydrogen-bond donors (Lipinski definition) is 1. The van der Waals surface area contributed by atoms with Gasteiger partial charge in [-0.05, 0) is 36.4 Å². The molecule has 6 nitrogen and oxygen atoms in total. The van der Waals surface area contributed by atoms with Crippen molar-refractivity contribution in [3.05, 3.63) is 66.2 Å². The third kappa shape index (κ3) is 5.50. The van der Waals surface area contributed by atoms with E-state index in [1.807, 2.05) is 0 Å². The molecular formula is C18H19ClN2O4S. The topological polar surface area (TPSA) is 75.7 Å². The average Bonchev–Trinajstić information content (AvgIpc) is 2.59. The molecule has 2 aromatic rings. The third-order valence-electron chi connectivity index (χ3n) is 3.31. The van der Waals surface area contributed by atoms with Crippen LogP contribution < -0.4 is 14.4 Å². The summed E-state index contributed by atoms with van der Waals surface area (Å²) >= 11 is 6.07. The highest BCUT2D eigenvalue weighted by Gasteiger charge is 2.22. The van der Waals surface area contributed by atoms with E-state index in [9.17, 15) is 13.2 Å². The zero-order valence-electron chi connectivity index (χ0n) is 14.2. The first kappa shape index (κ1) is 19.8. The number of amides is 1. The molecule has 0 fully saturated rings. The van der Waals surface area contributed by atoms with Crippen molar-refractivity contribution < 1.29 is 17.9 Å². The summed E-state index contributed by atoms with van der Waals surface area (Å²) < 4.78 is 30.5. The number of halogens is 1. The molecule has 0 saturated carbocycles. The molecule has 0 bridgehead atoms. The second-order valence-corrected chi connectivity index (χ2v) is 7.71. The highest BCUT2D eigenvalue weighted by Crippen LogP contribution is 2.27. The third-order valence-corrected chi connectivity index (χ3v) is 4.76. The zero-order valence-corrected chi connectivity index (χ0v) is 15.8. The van der Waals surface area contributed by atoms with Gasteiger partial charge in [0.25, 0.3) is 0 Å². The van der Waals surface area contributed by atoms with E-state index in [0.29, 0.717) is 18.0 Å². The predicted molar refractivity (Wildman–Crippen MR) is 104 cm³/mol. The molecule has 26 heavy (non-hydrogen) atoms. The smallest absolute Gasteiger partial charge is 0.245 e. The maximum Gasteiger partial charge on any atom is 0.245 e. The number of nitrogens with zero attached hydrogens (tertiary/aromatic N) is 1. The number of carbonyl (C=O) groups is 1. The Labute approximate surface area is 158 Å². The van der Waals surface area contributed by atoms with Crippen molar-refractivity contribution in [2.24, 2.45) is 0 Å². The van der Waals surface area contributed by atoms with Gasteiger partial charge in [0, 0.05) is 5.69 Å². The molecule has 8 heteroatoms. The Hall–Kier alpha value is -2.51. The van der Waals surface area contributed by atoms with E-state index in [-0.39, 0.29) is 10.7 Å². The number of anilines is 2. The first-order chi connectivity index (χ1) is 12.3. The van der Waals surface area contributed by atoms with Gasteiger partial charge in [-0.1, -0.05) is 36.4 Å². The molecule has 0 aliphatic rings. The van der Waals surface area contributed by atoms with Gasteiger partial charge < -0.3 is 10.1 Å². The predicted octanol–water partition coefficient (Wildman–Crippen LogP) is 3.31. The number of benzene rings is 2. The lowest BCUT2D eigenvalue weighted by atomic mass is 10.3. The number of carbonyl (C=O) groups excluding carboxylic acids is 1. The molecule has 0 saturated heterocycles. The Bertz CT molecular complexity index is 882. The Morgan fingerprint density at radius 3 is 2.46 bits per heavy atom. The van der Waals surface area contributed by atoms with Crippen molar-refractivity contribution in [2.75, 3.05) is 29.0 Å². The van der Waals surface area contributed by atoms with E-state index in [0.717, 1.165) is 10.6 Å². The van der Waals surface area contributed by atoms with E-state index >= 15 is 0 Å². The summed E-state index contributed by atoms with van der Waals surface area (Å²) in [5.41, 5.74) is 0.772. The van der Waals surface area contributed by atoms with Crippen molar-refractivity contribution in [1.82, 2.24) is 0 Å². The highest BCUT2D eigenvalue weighted by molar-refractivity contribution is 7.92. The quantitative estimate of drug-likeness (QED) is 0.697. The van der Waals surface area contributed by atoms with Gasteiger partial charge in [-0.15, -0.1) is 0 Å². The molecule has 1 amide bonds. The molecule has 1 N–H and O–H groups in total. The highest BCUT2D eigenvalue weighted by atomic mass is 35.5. The van der Waals surface area contributed by atoms with E-state index in [2.05, 4.69) is 11.9 Å². The van der Waals surface area contributed by atoms with Gasteiger partial charge in [0.2, 0.25) is 15.9 Å². The second kappa shape index (κ2) is 8.73. The number of para-hydroxylation sites is 1. The monoisotopic (exact) mass is 394 g/mol. The van der Waals surface area contributed by atoms with Crippen LogP contribution in [0.3, 0.4) is 0 Å². The first-order valence-corrected chi connectivity index (χ1v) is 9.89. The van der Waals surface area contributed by atoms with Gasteiger partial charge in [-0.25, -0.2) is 8.42 Å². The number of nitrogens with one attached hydrogen (secondary N) is 1. The van der Waals surface area contributed by atoms with Gasteiger partial charge in [-0.3, -0.25) is 9.10 Å². The molecule has 0 radical (unpaired) electrons. The van der Waals surface area contributed by atoms with Crippen LogP contribution in [0.25, 0.3) is 0 Å². The van der Waals surface area contributed by atoms with Crippen LogP contribution in [0.15, 0.2) is 61.2 Å². The van der Waals surface area contributed by atoms with Crippen LogP contribution in [0.1, 0.15) is 0 Å². The molecular weight excluding hydrogens is 376 g/mol. The Morgan fingerprint density at radius 2 is 1.88 bits per heavy atom. The van der Waals surface area contributed by atoms with Gasteiger partial charge in [0.15, 0.2) is 0 Å². The fourth-order valence-corrected chi connectivity index (χ4v) is 3.31. The van der Waals surface area contributed by atoms with Crippen LogP contribution in [-0.2, 0) is 14.8 Å². The number of hydrogen-bond acceptors (Lipinski definition) is 4. The number of rotatable bonds is 8. The second-order valence-electron chi connectivity index (χ2n) is 5.39. The number of ether oxygens (including phenoxy) is 1.